The van der Waals surface area contributed by atoms with E-state index in [0.29, 0.717) is 0 Å². The van der Waals surface area contributed by atoms with Gasteiger partial charge in [-0.1, -0.05) is 0 Å². The average Bonchev–Trinajstić information content (AvgIpc) is 2.52. The highest BCUT2D eigenvalue weighted by molar-refractivity contribution is 8.13. The Bertz CT molecular complexity index is 368. The first-order chi connectivity index (χ1) is 11.5. The summed E-state index contributed by atoms with van der Waals surface area (Å²) in [5.74, 6) is 0.191. The minimum absolute atomic E-state index is 0.191. The summed E-state index contributed by atoms with van der Waals surface area (Å²) in [6.45, 7) is 5.25. The number of nitrogens with one attached hydrogen (secondary N) is 1. The minimum atomic E-state index is -0.807. The molecule has 100 valence electrons. The first-order valence-corrected chi connectivity index (χ1v) is 8.27. The smallest absolute Gasteiger partial charge is 0.219 e. The lowest BCUT2D eigenvalue weighted by Gasteiger charge is -2.37. The van der Waals surface area contributed by atoms with Crippen molar-refractivity contribution in [2.45, 2.75) is 6.92 Å². The monoisotopic (exact) mass is 304 g/mol. The molecule has 0 aromatic heterocycles. The van der Waals surface area contributed by atoms with Crippen LogP contribution in [-0.2, 0) is 4.79 Å². The molecule has 1 rings (SSSR count). The zero-order chi connectivity index (χ0) is 19.7. The van der Waals surface area contributed by atoms with Gasteiger partial charge in [-0.2, -0.15) is 0 Å². The molecular weight excluding hydrogens is 289 g/mol. The molecule has 19 heteroatoms. The standard InChI is InChI=1S/C6H12N2O.B16/c1-6(9)8-4-2-7-3-5-8;1-10(2)14(9)16(13(7)8)15(11(3)4)12(5)6/h7H,2-5H2,1H3;. The Morgan fingerprint density at radius 3 is 1.40 bits per heavy atom. The van der Waals surface area contributed by atoms with E-state index < -0.39 is 44.7 Å². The molecule has 1 amide bonds. The largest absolute Gasteiger partial charge is 0.340 e. The molecule has 0 bridgehead atoms. The van der Waals surface area contributed by atoms with Crippen LogP contribution in [0.2, 0.25) is 0 Å². The summed E-state index contributed by atoms with van der Waals surface area (Å²) in [7, 11) is 50.4. The SMILES string of the molecule is CC(=O)N1CCNCC1.[B]B([B])B([B])B(B([B])[B])B(B([B])[B])B([B])[B]. The minimum Gasteiger partial charge on any atom is -0.340 e. The summed E-state index contributed by atoms with van der Waals surface area (Å²) in [6, 6.07) is 0. The van der Waals surface area contributed by atoms with Crippen molar-refractivity contribution in [3.05, 3.63) is 0 Å². The van der Waals surface area contributed by atoms with E-state index >= 15 is 0 Å². The first kappa shape index (κ1) is 25.5. The molecular formula is C6H12B16N2O. The maximum atomic E-state index is 10.7. The highest BCUT2D eigenvalue weighted by atomic mass is 16.2. The van der Waals surface area contributed by atoms with Gasteiger partial charge in [0.05, 0.1) is 0 Å². The fraction of sp³-hybridized carbons (Fsp3) is 0.833. The quantitative estimate of drug-likeness (QED) is 0.495. The van der Waals surface area contributed by atoms with Crippen LogP contribution in [0.15, 0.2) is 0 Å². The number of hydrogen-bond donors (Lipinski definition) is 1. The lowest BCUT2D eigenvalue weighted by Crippen LogP contribution is -2.75. The molecule has 0 spiro atoms. The maximum Gasteiger partial charge on any atom is 0.219 e. The molecule has 18 radical (unpaired) electrons. The van der Waals surface area contributed by atoms with E-state index in [1.807, 2.05) is 4.90 Å². The van der Waals surface area contributed by atoms with E-state index in [1.165, 1.54) is 0 Å². The van der Waals surface area contributed by atoms with Gasteiger partial charge in [0.25, 0.3) is 0 Å². The second kappa shape index (κ2) is 12.8. The third-order valence-electron chi connectivity index (χ3n) is 4.23. The second-order valence-electron chi connectivity index (χ2n) is 6.30. The molecule has 1 saturated heterocycles. The molecule has 1 N–H and O–H groups in total. The summed E-state index contributed by atoms with van der Waals surface area (Å²) in [5.41, 5.74) is 0. The Kier molecular flexibility index (Phi) is 13.0. The van der Waals surface area contributed by atoms with E-state index in [-0.39, 0.29) is 5.91 Å². The highest BCUT2D eigenvalue weighted by Gasteiger charge is 2.38. The topological polar surface area (TPSA) is 32.3 Å². The molecule has 1 aliphatic heterocycles. The number of nitrogens with zero attached hydrogens (tertiary/aromatic N) is 1. The normalized spacial score (nSPS) is 12.9. The third-order valence-corrected chi connectivity index (χ3v) is 4.23. The molecule has 25 heavy (non-hydrogen) atoms. The lowest BCUT2D eigenvalue weighted by molar-refractivity contribution is -0.129. The fourth-order valence-electron chi connectivity index (χ4n) is 2.78. The van der Waals surface area contributed by atoms with E-state index in [0.717, 1.165) is 26.2 Å². The summed E-state index contributed by atoms with van der Waals surface area (Å²) >= 11 is 0. The number of piperazine rings is 1. The van der Waals surface area contributed by atoms with Crippen LogP contribution in [0.3, 0.4) is 0 Å². The molecule has 0 aliphatic carbocycles. The number of carbonyl (C=O) groups excluding carboxylic acids is 1. The van der Waals surface area contributed by atoms with Gasteiger partial charge in [0.1, 0.15) is 0 Å². The van der Waals surface area contributed by atoms with Crippen molar-refractivity contribution in [1.29, 1.82) is 0 Å². The molecule has 1 aliphatic rings. The van der Waals surface area contributed by atoms with Crippen molar-refractivity contribution in [2.24, 2.45) is 0 Å². The summed E-state index contributed by atoms with van der Waals surface area (Å²) in [4.78, 5) is 12.6. The lowest BCUT2D eigenvalue weighted by atomic mass is 8.44. The Morgan fingerprint density at radius 1 is 0.760 bits per heavy atom. The molecule has 1 heterocycles. The third kappa shape index (κ3) is 9.29. The van der Waals surface area contributed by atoms with Gasteiger partial charge in [-0.25, -0.2) is 0 Å². The van der Waals surface area contributed by atoms with Crippen molar-refractivity contribution in [2.75, 3.05) is 26.2 Å². The zero-order valence-electron chi connectivity index (χ0n) is 14.9. The van der Waals surface area contributed by atoms with Crippen LogP contribution in [0.25, 0.3) is 0 Å². The molecule has 0 aromatic carbocycles. The summed E-state index contributed by atoms with van der Waals surface area (Å²) < 4.78 is 0. The van der Waals surface area contributed by atoms with E-state index in [4.69, 9.17) is 69.6 Å². The molecule has 0 aromatic rings. The van der Waals surface area contributed by atoms with Crippen molar-refractivity contribution >= 4 is 120 Å². The zero-order valence-corrected chi connectivity index (χ0v) is 14.9. The van der Waals surface area contributed by atoms with Crippen molar-refractivity contribution in [3.8, 4) is 0 Å². The first-order valence-electron chi connectivity index (χ1n) is 8.27. The molecule has 0 unspecified atom stereocenters. The van der Waals surface area contributed by atoms with Crippen molar-refractivity contribution in [1.82, 2.24) is 10.2 Å². The summed E-state index contributed by atoms with van der Waals surface area (Å²) in [5, 5.41) is 3.18. The van der Waals surface area contributed by atoms with Crippen LogP contribution in [0.5, 0.6) is 0 Å². The number of amides is 1. The molecule has 3 nitrogen and oxygen atoms in total. The van der Waals surface area contributed by atoms with E-state index in [2.05, 4.69) is 5.32 Å². The van der Waals surface area contributed by atoms with Crippen LogP contribution in [0, 0.1) is 0 Å². The van der Waals surface area contributed by atoms with E-state index in [1.54, 1.807) is 6.92 Å². The van der Waals surface area contributed by atoms with Gasteiger partial charge in [0, 0.05) is 147 Å². The fourth-order valence-corrected chi connectivity index (χ4v) is 2.78. The average molecular weight is 301 g/mol. The van der Waals surface area contributed by atoms with Gasteiger partial charge in [-0.15, -0.1) is 0 Å². The highest BCUT2D eigenvalue weighted by Crippen LogP contribution is 2.00. The van der Waals surface area contributed by atoms with Gasteiger partial charge in [-0.3, -0.25) is 4.79 Å². The van der Waals surface area contributed by atoms with E-state index in [9.17, 15) is 4.79 Å². The number of rotatable bonds is 6. The Balaban J connectivity index is 0.000000535. The Hall–Kier alpha value is 0.469. The Morgan fingerprint density at radius 2 is 1.16 bits per heavy atom. The summed E-state index contributed by atoms with van der Waals surface area (Å²) in [6.07, 6.45) is -5.02. The van der Waals surface area contributed by atoms with Gasteiger partial charge >= 0.3 is 0 Å². The van der Waals surface area contributed by atoms with Crippen LogP contribution < -0.4 is 5.32 Å². The second-order valence-corrected chi connectivity index (χ2v) is 6.30. The number of hydrogen-bond acceptors (Lipinski definition) is 2. The van der Waals surface area contributed by atoms with Gasteiger partial charge in [0.2, 0.25) is 5.91 Å². The Labute approximate surface area is 168 Å². The van der Waals surface area contributed by atoms with Gasteiger partial charge in [-0.05, 0) is 0 Å². The predicted molar refractivity (Wildman–Crippen MR) is 127 cm³/mol. The van der Waals surface area contributed by atoms with Crippen LogP contribution in [0.1, 0.15) is 6.92 Å². The van der Waals surface area contributed by atoms with Gasteiger partial charge < -0.3 is 10.2 Å². The molecule has 1 fully saturated rings. The van der Waals surface area contributed by atoms with Crippen LogP contribution in [0.4, 0.5) is 0 Å². The number of carbonyl (C=O) groups is 1. The molecule has 0 saturated carbocycles. The van der Waals surface area contributed by atoms with Crippen molar-refractivity contribution in [3.63, 3.8) is 0 Å². The van der Waals surface area contributed by atoms with Crippen LogP contribution in [-0.4, -0.2) is 151 Å². The van der Waals surface area contributed by atoms with Crippen molar-refractivity contribution < 1.29 is 4.79 Å². The maximum absolute atomic E-state index is 10.7. The van der Waals surface area contributed by atoms with Gasteiger partial charge in [0.15, 0.2) is 0 Å². The predicted octanol–water partition coefficient (Wildman–Crippen LogP) is -6.65. The van der Waals surface area contributed by atoms with Crippen LogP contribution >= 0.6 is 0 Å². The molecule has 0 atom stereocenters.